The van der Waals surface area contributed by atoms with Gasteiger partial charge < -0.3 is 4.90 Å². The van der Waals surface area contributed by atoms with Crippen LogP contribution in [0, 0.1) is 6.92 Å². The van der Waals surface area contributed by atoms with Crippen LogP contribution in [0.4, 0.5) is 0 Å². The van der Waals surface area contributed by atoms with Crippen molar-refractivity contribution < 1.29 is 4.79 Å². The molecule has 0 fully saturated rings. The summed E-state index contributed by atoms with van der Waals surface area (Å²) in [5.41, 5.74) is 2.69. The Morgan fingerprint density at radius 2 is 1.72 bits per heavy atom. The summed E-state index contributed by atoms with van der Waals surface area (Å²) in [5.74, 6) is -0.00540. The second kappa shape index (κ2) is 7.87. The molecule has 1 aromatic heterocycles. The Morgan fingerprint density at radius 1 is 1.00 bits per heavy atom. The maximum absolute atomic E-state index is 12.7. The van der Waals surface area contributed by atoms with Crippen LogP contribution >= 0.6 is 0 Å². The number of amides is 1. The molecule has 1 heterocycles. The van der Waals surface area contributed by atoms with Crippen molar-refractivity contribution in [1.29, 1.82) is 0 Å². The number of carbonyl (C=O) groups excluding carboxylic acids is 1. The Kier molecular flexibility index (Phi) is 5.12. The molecule has 5 nitrogen and oxygen atoms in total. The summed E-state index contributed by atoms with van der Waals surface area (Å²) in [5, 5.41) is 2.90. The first kappa shape index (κ1) is 18.9. The summed E-state index contributed by atoms with van der Waals surface area (Å²) in [4.78, 5) is 31.5. The summed E-state index contributed by atoms with van der Waals surface area (Å²) in [6.07, 6.45) is 1.79. The first-order valence-corrected chi connectivity index (χ1v) is 9.70. The van der Waals surface area contributed by atoms with E-state index < -0.39 is 0 Å². The molecule has 4 aromatic rings. The molecule has 0 aliphatic heterocycles. The average molecular weight is 385 g/mol. The molecule has 5 heteroatoms. The molecular weight excluding hydrogens is 362 g/mol. The van der Waals surface area contributed by atoms with Gasteiger partial charge in [0, 0.05) is 26.6 Å². The molecule has 0 saturated heterocycles. The zero-order chi connectivity index (χ0) is 20.4. The predicted molar refractivity (Wildman–Crippen MR) is 116 cm³/mol. The Morgan fingerprint density at radius 3 is 2.59 bits per heavy atom. The number of fused-ring (bicyclic) bond motifs is 2. The molecule has 0 N–H and O–H groups in total. The van der Waals surface area contributed by atoms with E-state index >= 15 is 0 Å². The highest BCUT2D eigenvalue weighted by atomic mass is 16.2. The lowest BCUT2D eigenvalue weighted by Gasteiger charge is -2.19. The van der Waals surface area contributed by atoms with Crippen molar-refractivity contribution in [3.05, 3.63) is 88.5 Å². The molecule has 0 aliphatic rings. The third kappa shape index (κ3) is 3.76. The van der Waals surface area contributed by atoms with Crippen LogP contribution in [0.5, 0.6) is 0 Å². The molecule has 0 bridgehead atoms. The Hall–Kier alpha value is -3.47. The number of aromatic nitrogens is 2. The molecule has 0 saturated carbocycles. The van der Waals surface area contributed by atoms with E-state index in [1.807, 2.05) is 43.3 Å². The number of rotatable bonds is 5. The lowest BCUT2D eigenvalue weighted by atomic mass is 10.0. The molecule has 0 radical (unpaired) electrons. The van der Waals surface area contributed by atoms with E-state index in [1.54, 1.807) is 18.0 Å². The largest absolute Gasteiger partial charge is 0.341 e. The summed E-state index contributed by atoms with van der Waals surface area (Å²) in [6.45, 7) is 2.78. The smallest absolute Gasteiger partial charge is 0.261 e. The zero-order valence-electron chi connectivity index (χ0n) is 16.6. The van der Waals surface area contributed by atoms with E-state index in [9.17, 15) is 9.59 Å². The van der Waals surface area contributed by atoms with Crippen LogP contribution in [0.1, 0.15) is 17.5 Å². The number of benzene rings is 3. The third-order valence-electron chi connectivity index (χ3n) is 5.34. The van der Waals surface area contributed by atoms with E-state index in [0.717, 1.165) is 21.9 Å². The minimum absolute atomic E-state index is 0.00540. The van der Waals surface area contributed by atoms with E-state index in [1.165, 1.54) is 10.9 Å². The highest BCUT2D eigenvalue weighted by Gasteiger charge is 2.12. The molecule has 4 rings (SSSR count). The zero-order valence-corrected chi connectivity index (χ0v) is 16.6. The van der Waals surface area contributed by atoms with Crippen molar-refractivity contribution in [1.82, 2.24) is 14.5 Å². The van der Waals surface area contributed by atoms with Crippen LogP contribution in [0.2, 0.25) is 0 Å². The molecule has 146 valence electrons. The molecule has 3 aromatic carbocycles. The number of hydrogen-bond donors (Lipinski definition) is 0. The topological polar surface area (TPSA) is 55.2 Å². The first-order chi connectivity index (χ1) is 14.0. The quantitative estimate of drug-likeness (QED) is 0.523. The standard InChI is InChI=1S/C24H23N3O2/c1-17-7-5-12-21-23(17)25-16-27(24(21)29)14-13-22(28)26(2)15-19-10-6-9-18-8-3-4-11-20(18)19/h3-12,16H,13-15H2,1-2H3. The predicted octanol–water partition coefficient (Wildman–Crippen LogP) is 3.91. The van der Waals surface area contributed by atoms with Crippen LogP contribution < -0.4 is 5.56 Å². The highest BCUT2D eigenvalue weighted by molar-refractivity contribution is 5.86. The molecule has 0 atom stereocenters. The van der Waals surface area contributed by atoms with Crippen LogP contribution in [0.3, 0.4) is 0 Å². The number of hydrogen-bond acceptors (Lipinski definition) is 3. The van der Waals surface area contributed by atoms with Gasteiger partial charge in [0.2, 0.25) is 5.91 Å². The van der Waals surface area contributed by atoms with E-state index in [0.29, 0.717) is 24.0 Å². The highest BCUT2D eigenvalue weighted by Crippen LogP contribution is 2.20. The summed E-state index contributed by atoms with van der Waals surface area (Å²) < 4.78 is 1.52. The molecule has 0 aliphatic carbocycles. The molecule has 0 spiro atoms. The lowest BCUT2D eigenvalue weighted by molar-refractivity contribution is -0.130. The van der Waals surface area contributed by atoms with Crippen molar-refractivity contribution in [3.63, 3.8) is 0 Å². The third-order valence-corrected chi connectivity index (χ3v) is 5.34. The maximum Gasteiger partial charge on any atom is 0.261 e. The molecule has 1 amide bonds. The van der Waals surface area contributed by atoms with Crippen molar-refractivity contribution in [2.45, 2.75) is 26.4 Å². The molecular formula is C24H23N3O2. The minimum atomic E-state index is -0.108. The van der Waals surface area contributed by atoms with Gasteiger partial charge in [-0.15, -0.1) is 0 Å². The Balaban J connectivity index is 1.48. The van der Waals surface area contributed by atoms with Gasteiger partial charge in [0.25, 0.3) is 5.56 Å². The van der Waals surface area contributed by atoms with Gasteiger partial charge >= 0.3 is 0 Å². The van der Waals surface area contributed by atoms with E-state index in [4.69, 9.17) is 0 Å². The normalized spacial score (nSPS) is 11.1. The van der Waals surface area contributed by atoms with Crippen LogP contribution in [0.25, 0.3) is 21.7 Å². The van der Waals surface area contributed by atoms with Crippen molar-refractivity contribution in [3.8, 4) is 0 Å². The first-order valence-electron chi connectivity index (χ1n) is 9.70. The molecule has 29 heavy (non-hydrogen) atoms. The van der Waals surface area contributed by atoms with Crippen LogP contribution in [-0.4, -0.2) is 27.4 Å². The van der Waals surface area contributed by atoms with Gasteiger partial charge in [0.15, 0.2) is 0 Å². The fraction of sp³-hybridized carbons (Fsp3) is 0.208. The monoisotopic (exact) mass is 385 g/mol. The fourth-order valence-electron chi connectivity index (χ4n) is 3.68. The second-order valence-electron chi connectivity index (χ2n) is 7.35. The lowest BCUT2D eigenvalue weighted by Crippen LogP contribution is -2.29. The Bertz CT molecular complexity index is 1250. The van der Waals surface area contributed by atoms with Gasteiger partial charge in [-0.1, -0.05) is 54.6 Å². The van der Waals surface area contributed by atoms with Gasteiger partial charge in [0.05, 0.1) is 17.2 Å². The van der Waals surface area contributed by atoms with Crippen molar-refractivity contribution in [2.24, 2.45) is 0 Å². The van der Waals surface area contributed by atoms with Crippen LogP contribution in [0.15, 0.2) is 71.8 Å². The van der Waals surface area contributed by atoms with Gasteiger partial charge in [-0.3, -0.25) is 14.2 Å². The maximum atomic E-state index is 12.7. The van der Waals surface area contributed by atoms with Gasteiger partial charge in [0.1, 0.15) is 0 Å². The number of nitrogens with zero attached hydrogens (tertiary/aromatic N) is 3. The van der Waals surface area contributed by atoms with Gasteiger partial charge in [-0.05, 0) is 34.9 Å². The van der Waals surface area contributed by atoms with Crippen LogP contribution in [-0.2, 0) is 17.9 Å². The van der Waals surface area contributed by atoms with E-state index in [-0.39, 0.29) is 17.9 Å². The van der Waals surface area contributed by atoms with E-state index in [2.05, 4.69) is 23.2 Å². The minimum Gasteiger partial charge on any atom is -0.341 e. The molecule has 0 unspecified atom stereocenters. The summed E-state index contributed by atoms with van der Waals surface area (Å²) in [7, 11) is 1.80. The summed E-state index contributed by atoms with van der Waals surface area (Å²) in [6, 6.07) is 19.9. The number of aryl methyl sites for hydroxylation is 2. The SMILES string of the molecule is Cc1cccc2c(=O)n(CCC(=O)N(C)Cc3cccc4ccccc34)cnc12. The number of carbonyl (C=O) groups is 1. The van der Waals surface area contributed by atoms with Gasteiger partial charge in [-0.2, -0.15) is 0 Å². The van der Waals surface area contributed by atoms with Gasteiger partial charge in [-0.25, -0.2) is 4.98 Å². The Labute approximate surface area is 169 Å². The average Bonchev–Trinajstić information content (AvgIpc) is 2.74. The number of para-hydroxylation sites is 1. The fourth-order valence-corrected chi connectivity index (χ4v) is 3.68. The summed E-state index contributed by atoms with van der Waals surface area (Å²) >= 11 is 0. The van der Waals surface area contributed by atoms with Crippen molar-refractivity contribution >= 4 is 27.6 Å². The van der Waals surface area contributed by atoms with Crippen molar-refractivity contribution in [2.75, 3.05) is 7.05 Å². The second-order valence-corrected chi connectivity index (χ2v) is 7.35.